The summed E-state index contributed by atoms with van der Waals surface area (Å²) in [5, 5.41) is -0.463. The molecular formula is C9H19ClNO+. The summed E-state index contributed by atoms with van der Waals surface area (Å²) < 4.78 is 1.07. The summed E-state index contributed by atoms with van der Waals surface area (Å²) in [6.45, 7) is 8.23. The van der Waals surface area contributed by atoms with Crippen molar-refractivity contribution in [3.63, 3.8) is 0 Å². The molecule has 0 spiro atoms. The summed E-state index contributed by atoms with van der Waals surface area (Å²) in [5.41, 5.74) is 0.386. The van der Waals surface area contributed by atoms with Crippen LogP contribution in [0.25, 0.3) is 0 Å². The first-order valence-corrected chi connectivity index (χ1v) is 4.24. The van der Waals surface area contributed by atoms with Crippen LogP contribution >= 0.6 is 11.6 Å². The maximum atomic E-state index is 9.81. The highest BCUT2D eigenvalue weighted by atomic mass is 35.5. The van der Waals surface area contributed by atoms with Crippen molar-refractivity contribution in [3.8, 4) is 0 Å². The summed E-state index contributed by atoms with van der Waals surface area (Å²) in [5.74, 6) is 0. The fraction of sp³-hybridized carbons (Fsp3) is 0.667. The van der Waals surface area contributed by atoms with Crippen LogP contribution in [0.4, 0.5) is 0 Å². The van der Waals surface area contributed by atoms with Gasteiger partial charge in [0.25, 0.3) is 0 Å². The van der Waals surface area contributed by atoms with E-state index in [9.17, 15) is 4.79 Å². The van der Waals surface area contributed by atoms with Crippen molar-refractivity contribution in [2.75, 3.05) is 27.7 Å². The highest BCUT2D eigenvalue weighted by Crippen LogP contribution is 1.91. The summed E-state index contributed by atoms with van der Waals surface area (Å²) in [6, 6.07) is 0. The van der Waals surface area contributed by atoms with E-state index in [-0.39, 0.29) is 0 Å². The van der Waals surface area contributed by atoms with Gasteiger partial charge in [0, 0.05) is 5.57 Å². The third kappa shape index (κ3) is 16.3. The molecule has 72 valence electrons. The largest absolute Gasteiger partial charge is 0.331 e. The number of carbonyl (C=O) groups excluding carboxylic acids is 1. The number of carbonyl (C=O) groups is 1. The Kier molecular flexibility index (Phi) is 7.34. The van der Waals surface area contributed by atoms with Crippen molar-refractivity contribution in [3.05, 3.63) is 12.2 Å². The lowest BCUT2D eigenvalue weighted by atomic mass is 10.4. The molecule has 0 saturated carbocycles. The van der Waals surface area contributed by atoms with Gasteiger partial charge in [-0.15, -0.1) is 0 Å². The highest BCUT2D eigenvalue weighted by molar-refractivity contribution is 6.67. The predicted molar refractivity (Wildman–Crippen MR) is 54.2 cm³/mol. The second-order valence-corrected chi connectivity index (χ2v) is 4.00. The number of rotatable bonds is 2. The standard InChI is InChI=1S/C5H14N.C4H5ClO/c1-5-6(2,3)4;1-3(2)4(5)6/h5H2,1-4H3;1H2,2H3/q+1;. The summed E-state index contributed by atoms with van der Waals surface area (Å²) >= 11 is 4.87. The predicted octanol–water partition coefficient (Wildman–Crippen LogP) is 2.04. The number of nitrogens with zero attached hydrogens (tertiary/aromatic N) is 1. The molecule has 0 aromatic carbocycles. The molecule has 0 aromatic heterocycles. The molecule has 0 aliphatic carbocycles. The SMILES string of the molecule is C=C(C)C(=O)Cl.CC[N+](C)(C)C. The van der Waals surface area contributed by atoms with E-state index in [1.165, 1.54) is 6.54 Å². The van der Waals surface area contributed by atoms with E-state index in [1.54, 1.807) is 6.92 Å². The zero-order valence-electron chi connectivity index (χ0n) is 8.65. The topological polar surface area (TPSA) is 17.1 Å². The Morgan fingerprint density at radius 2 is 1.58 bits per heavy atom. The first kappa shape index (κ1) is 14.2. The second-order valence-electron chi connectivity index (χ2n) is 3.66. The molecule has 3 heteroatoms. The summed E-state index contributed by atoms with van der Waals surface area (Å²) in [6.07, 6.45) is 0. The average molecular weight is 193 g/mol. The van der Waals surface area contributed by atoms with Crippen LogP contribution in [0.5, 0.6) is 0 Å². The quantitative estimate of drug-likeness (QED) is 0.372. The van der Waals surface area contributed by atoms with Gasteiger partial charge >= 0.3 is 0 Å². The number of hydrogen-bond donors (Lipinski definition) is 0. The van der Waals surface area contributed by atoms with Crippen LogP contribution in [-0.4, -0.2) is 37.4 Å². The van der Waals surface area contributed by atoms with E-state index in [4.69, 9.17) is 11.6 Å². The molecule has 0 aliphatic rings. The minimum absolute atomic E-state index is 0.386. The molecule has 0 bridgehead atoms. The van der Waals surface area contributed by atoms with Gasteiger partial charge in [-0.3, -0.25) is 4.79 Å². The van der Waals surface area contributed by atoms with Crippen molar-refractivity contribution in [1.29, 1.82) is 0 Å². The molecule has 0 atom stereocenters. The van der Waals surface area contributed by atoms with Gasteiger partial charge in [-0.25, -0.2) is 0 Å². The van der Waals surface area contributed by atoms with Gasteiger partial charge < -0.3 is 4.48 Å². The molecular weight excluding hydrogens is 174 g/mol. The van der Waals surface area contributed by atoms with E-state index in [0.717, 1.165) is 4.48 Å². The van der Waals surface area contributed by atoms with Crippen LogP contribution in [-0.2, 0) is 4.79 Å². The van der Waals surface area contributed by atoms with Crippen molar-refractivity contribution in [1.82, 2.24) is 0 Å². The maximum Gasteiger partial charge on any atom is 0.247 e. The van der Waals surface area contributed by atoms with E-state index in [0.29, 0.717) is 5.57 Å². The van der Waals surface area contributed by atoms with Crippen LogP contribution in [0.2, 0.25) is 0 Å². The summed E-state index contributed by atoms with van der Waals surface area (Å²) in [7, 11) is 6.54. The minimum atomic E-state index is -0.463. The average Bonchev–Trinajstić information content (AvgIpc) is 1.87. The molecule has 0 saturated heterocycles. The third-order valence-electron chi connectivity index (χ3n) is 1.28. The second kappa shape index (κ2) is 6.21. The molecule has 2 nitrogen and oxygen atoms in total. The van der Waals surface area contributed by atoms with Gasteiger partial charge in [0.1, 0.15) is 0 Å². The van der Waals surface area contributed by atoms with Crippen molar-refractivity contribution in [2.24, 2.45) is 0 Å². The first-order valence-electron chi connectivity index (χ1n) is 3.86. The normalized spacial score (nSPS) is 9.83. The van der Waals surface area contributed by atoms with Gasteiger partial charge in [-0.1, -0.05) is 6.58 Å². The molecule has 12 heavy (non-hydrogen) atoms. The van der Waals surface area contributed by atoms with E-state index < -0.39 is 5.24 Å². The Labute approximate surface area is 80.4 Å². The number of halogens is 1. The smallest absolute Gasteiger partial charge is 0.247 e. The van der Waals surface area contributed by atoms with E-state index >= 15 is 0 Å². The monoisotopic (exact) mass is 192 g/mol. The van der Waals surface area contributed by atoms with Crippen molar-refractivity contribution < 1.29 is 9.28 Å². The number of quaternary nitrogens is 1. The Hall–Kier alpha value is -0.340. The minimum Gasteiger partial charge on any atom is -0.331 e. The zero-order chi connectivity index (χ0) is 10.4. The van der Waals surface area contributed by atoms with Gasteiger partial charge in [-0.05, 0) is 25.4 Å². The molecule has 0 radical (unpaired) electrons. The van der Waals surface area contributed by atoms with Crippen LogP contribution < -0.4 is 0 Å². The Bertz CT molecular complexity index is 146. The third-order valence-corrected chi connectivity index (χ3v) is 1.61. The van der Waals surface area contributed by atoms with Gasteiger partial charge in [0.05, 0.1) is 27.7 Å². The molecule has 0 amide bonds. The first-order chi connectivity index (χ1) is 5.20. The molecule has 0 rings (SSSR count). The van der Waals surface area contributed by atoms with E-state index in [2.05, 4.69) is 34.6 Å². The molecule has 0 aliphatic heterocycles. The van der Waals surface area contributed by atoms with Crippen LogP contribution in [0.1, 0.15) is 13.8 Å². The van der Waals surface area contributed by atoms with Gasteiger partial charge in [0.2, 0.25) is 5.24 Å². The lowest BCUT2D eigenvalue weighted by Gasteiger charge is -2.20. The molecule has 0 fully saturated rings. The van der Waals surface area contributed by atoms with Crippen LogP contribution in [0.15, 0.2) is 12.2 Å². The molecule has 0 heterocycles. The lowest BCUT2D eigenvalue weighted by molar-refractivity contribution is -0.868. The van der Waals surface area contributed by atoms with Gasteiger partial charge in [-0.2, -0.15) is 0 Å². The van der Waals surface area contributed by atoms with Crippen LogP contribution in [0, 0.1) is 0 Å². The van der Waals surface area contributed by atoms with Crippen molar-refractivity contribution in [2.45, 2.75) is 13.8 Å². The Balaban J connectivity index is 0. The Morgan fingerprint density at radius 1 is 1.42 bits per heavy atom. The number of allylic oxidation sites excluding steroid dienone is 1. The zero-order valence-corrected chi connectivity index (χ0v) is 9.40. The fourth-order valence-electron chi connectivity index (χ4n) is 0. The lowest BCUT2D eigenvalue weighted by Crippen LogP contribution is -2.33. The maximum absolute atomic E-state index is 9.81. The van der Waals surface area contributed by atoms with Gasteiger partial charge in [0.15, 0.2) is 0 Å². The van der Waals surface area contributed by atoms with Crippen molar-refractivity contribution >= 4 is 16.8 Å². The summed E-state index contributed by atoms with van der Waals surface area (Å²) in [4.78, 5) is 9.81. The highest BCUT2D eigenvalue weighted by Gasteiger charge is 1.97. The van der Waals surface area contributed by atoms with E-state index in [1.807, 2.05) is 0 Å². The molecule has 0 unspecified atom stereocenters. The Morgan fingerprint density at radius 3 is 1.58 bits per heavy atom. The molecule has 0 N–H and O–H groups in total. The number of hydrogen-bond acceptors (Lipinski definition) is 1. The fourth-order valence-corrected chi connectivity index (χ4v) is 0. The van der Waals surface area contributed by atoms with Crippen LogP contribution in [0.3, 0.4) is 0 Å². The molecule has 0 aromatic rings.